The van der Waals surface area contributed by atoms with Gasteiger partial charge in [0.2, 0.25) is 0 Å². The molecule has 3 nitrogen and oxygen atoms in total. The molecule has 2 atom stereocenters. The van der Waals surface area contributed by atoms with Crippen LogP contribution in [-0.2, 0) is 11.8 Å². The average Bonchev–Trinajstić information content (AvgIpc) is 2.86. The Labute approximate surface area is 107 Å². The van der Waals surface area contributed by atoms with Gasteiger partial charge in [-0.3, -0.25) is 0 Å². The van der Waals surface area contributed by atoms with Gasteiger partial charge in [0.15, 0.2) is 0 Å². The van der Waals surface area contributed by atoms with Crippen LogP contribution in [0, 0.1) is 11.3 Å². The number of rotatable bonds is 1. The second-order valence-electron chi connectivity index (χ2n) is 5.49. The maximum atomic E-state index is 10.9. The van der Waals surface area contributed by atoms with E-state index in [0.717, 1.165) is 31.4 Å². The highest BCUT2D eigenvalue weighted by Crippen LogP contribution is 2.46. The first-order chi connectivity index (χ1) is 8.72. The number of β-amino-alcohol motifs (C(OH)–C–C–N with tert-alkyl or cyclic N) is 1. The van der Waals surface area contributed by atoms with Gasteiger partial charge in [-0.1, -0.05) is 24.3 Å². The Morgan fingerprint density at radius 2 is 2.11 bits per heavy atom. The van der Waals surface area contributed by atoms with Crippen LogP contribution in [0.2, 0.25) is 0 Å². The van der Waals surface area contributed by atoms with Crippen LogP contribution < -0.4 is 5.32 Å². The minimum atomic E-state index is -0.918. The van der Waals surface area contributed by atoms with Crippen molar-refractivity contribution in [3.63, 3.8) is 0 Å². The lowest BCUT2D eigenvalue weighted by molar-refractivity contribution is -0.00543. The summed E-state index contributed by atoms with van der Waals surface area (Å²) in [5.41, 5.74) is 0.624. The molecule has 3 heteroatoms. The molecule has 94 valence electrons. The molecule has 1 saturated heterocycles. The van der Waals surface area contributed by atoms with E-state index in [-0.39, 0.29) is 0 Å². The number of nitriles is 1. The summed E-state index contributed by atoms with van der Waals surface area (Å²) in [5.74, 6) is 0. The summed E-state index contributed by atoms with van der Waals surface area (Å²) in [6.07, 6.45) is 3.42. The van der Waals surface area contributed by atoms with E-state index < -0.39 is 11.0 Å². The van der Waals surface area contributed by atoms with Crippen LogP contribution in [0.5, 0.6) is 0 Å². The van der Waals surface area contributed by atoms with Crippen LogP contribution in [0.4, 0.5) is 0 Å². The summed E-state index contributed by atoms with van der Waals surface area (Å²) >= 11 is 0. The lowest BCUT2D eigenvalue weighted by Crippen LogP contribution is -2.54. The lowest BCUT2D eigenvalue weighted by atomic mass is 9.61. The molecule has 1 fully saturated rings. The highest BCUT2D eigenvalue weighted by atomic mass is 16.3. The van der Waals surface area contributed by atoms with E-state index in [9.17, 15) is 10.4 Å². The minimum Gasteiger partial charge on any atom is -0.386 e. The van der Waals surface area contributed by atoms with Crippen molar-refractivity contribution in [2.45, 2.75) is 36.7 Å². The molecule has 0 amide bonds. The van der Waals surface area contributed by atoms with Crippen LogP contribution in [0.25, 0.3) is 0 Å². The van der Waals surface area contributed by atoms with Gasteiger partial charge < -0.3 is 10.4 Å². The lowest BCUT2D eigenvalue weighted by Gasteiger charge is -2.43. The van der Waals surface area contributed by atoms with Crippen LogP contribution in [0.15, 0.2) is 24.3 Å². The first kappa shape index (κ1) is 11.7. The third-order valence-electron chi connectivity index (χ3n) is 4.59. The van der Waals surface area contributed by atoms with Crippen LogP contribution in [0.3, 0.4) is 0 Å². The molecule has 2 aliphatic rings. The molecule has 0 spiro atoms. The number of aliphatic hydroxyl groups is 1. The fourth-order valence-corrected chi connectivity index (χ4v) is 3.58. The predicted molar refractivity (Wildman–Crippen MR) is 69.1 cm³/mol. The number of nitrogens with zero attached hydrogens (tertiary/aromatic N) is 1. The van der Waals surface area contributed by atoms with Gasteiger partial charge in [0.05, 0.1) is 6.07 Å². The number of aryl methyl sites for hydroxylation is 1. The van der Waals surface area contributed by atoms with Crippen molar-refractivity contribution in [2.24, 2.45) is 0 Å². The van der Waals surface area contributed by atoms with E-state index in [4.69, 9.17) is 0 Å². The normalized spacial score (nSPS) is 34.9. The monoisotopic (exact) mass is 242 g/mol. The van der Waals surface area contributed by atoms with Gasteiger partial charge in [-0.05, 0) is 43.4 Å². The third kappa shape index (κ3) is 1.43. The summed E-state index contributed by atoms with van der Waals surface area (Å²) in [6.45, 7) is 1.32. The van der Waals surface area contributed by atoms with Crippen molar-refractivity contribution in [3.05, 3.63) is 35.4 Å². The predicted octanol–water partition coefficient (Wildman–Crippen LogP) is 1.51. The largest absolute Gasteiger partial charge is 0.386 e. The smallest absolute Gasteiger partial charge is 0.112 e. The van der Waals surface area contributed by atoms with Gasteiger partial charge in [0.25, 0.3) is 0 Å². The van der Waals surface area contributed by atoms with E-state index in [1.165, 1.54) is 5.56 Å². The molecule has 0 aromatic heterocycles. The van der Waals surface area contributed by atoms with E-state index in [0.29, 0.717) is 13.0 Å². The number of fused-ring (bicyclic) bond motifs is 1. The van der Waals surface area contributed by atoms with Crippen LogP contribution in [-0.4, -0.2) is 23.8 Å². The molecule has 2 unspecified atom stereocenters. The van der Waals surface area contributed by atoms with Gasteiger partial charge in [-0.2, -0.15) is 5.26 Å². The van der Waals surface area contributed by atoms with E-state index in [1.54, 1.807) is 0 Å². The molecule has 18 heavy (non-hydrogen) atoms. The summed E-state index contributed by atoms with van der Waals surface area (Å²) < 4.78 is 0. The molecule has 1 aliphatic carbocycles. The fourth-order valence-electron chi connectivity index (χ4n) is 3.58. The number of hydrogen-bond donors (Lipinski definition) is 2. The molecule has 0 saturated carbocycles. The van der Waals surface area contributed by atoms with Crippen LogP contribution in [0.1, 0.15) is 30.4 Å². The maximum Gasteiger partial charge on any atom is 0.112 e. The standard InChI is InChI=1S/C15H18N2O/c16-10-14(15(18)8-9-17-11-15)7-3-5-12-4-1-2-6-13(12)14/h1-2,4,6,17-18H,3,5,7-9,11H2. The Balaban J connectivity index is 2.16. The van der Waals surface area contributed by atoms with Crippen molar-refractivity contribution < 1.29 is 5.11 Å². The quantitative estimate of drug-likeness (QED) is 0.785. The molecule has 1 aromatic carbocycles. The second kappa shape index (κ2) is 4.08. The van der Waals surface area contributed by atoms with E-state index in [2.05, 4.69) is 17.5 Å². The number of hydrogen-bond acceptors (Lipinski definition) is 3. The SMILES string of the molecule is N#CC1(C2(O)CCNC2)CCCc2ccccc21. The van der Waals surface area contributed by atoms with Crippen molar-refractivity contribution >= 4 is 0 Å². The van der Waals surface area contributed by atoms with Gasteiger partial charge >= 0.3 is 0 Å². The van der Waals surface area contributed by atoms with Gasteiger partial charge in [0.1, 0.15) is 11.0 Å². The Morgan fingerprint density at radius 1 is 1.28 bits per heavy atom. The van der Waals surface area contributed by atoms with Crippen molar-refractivity contribution in [2.75, 3.05) is 13.1 Å². The van der Waals surface area contributed by atoms with E-state index in [1.807, 2.05) is 18.2 Å². The summed E-state index contributed by atoms with van der Waals surface area (Å²) in [5, 5.41) is 23.9. The molecule has 1 aromatic rings. The Kier molecular flexibility index (Phi) is 2.65. The zero-order valence-electron chi connectivity index (χ0n) is 10.4. The number of nitrogens with one attached hydrogen (secondary N) is 1. The highest BCUT2D eigenvalue weighted by Gasteiger charge is 2.54. The van der Waals surface area contributed by atoms with Crippen LogP contribution >= 0.6 is 0 Å². The molecular weight excluding hydrogens is 224 g/mol. The minimum absolute atomic E-state index is 0.523. The van der Waals surface area contributed by atoms with Crippen molar-refractivity contribution in [1.82, 2.24) is 5.32 Å². The molecule has 0 bridgehead atoms. The topological polar surface area (TPSA) is 56.0 Å². The molecular formula is C15H18N2O. The van der Waals surface area contributed by atoms with Crippen molar-refractivity contribution in [3.8, 4) is 6.07 Å². The van der Waals surface area contributed by atoms with Gasteiger partial charge in [0, 0.05) is 6.54 Å². The average molecular weight is 242 g/mol. The van der Waals surface area contributed by atoms with E-state index >= 15 is 0 Å². The highest BCUT2D eigenvalue weighted by molar-refractivity contribution is 5.45. The first-order valence-electron chi connectivity index (χ1n) is 6.65. The maximum absolute atomic E-state index is 10.9. The van der Waals surface area contributed by atoms with Gasteiger partial charge in [-0.25, -0.2) is 0 Å². The first-order valence-corrected chi connectivity index (χ1v) is 6.65. The molecule has 2 N–H and O–H groups in total. The zero-order valence-corrected chi connectivity index (χ0v) is 10.4. The summed E-state index contributed by atoms with van der Waals surface area (Å²) in [7, 11) is 0. The summed E-state index contributed by atoms with van der Waals surface area (Å²) in [6, 6.07) is 10.6. The van der Waals surface area contributed by atoms with Crippen molar-refractivity contribution in [1.29, 1.82) is 5.26 Å². The molecule has 1 heterocycles. The third-order valence-corrected chi connectivity index (χ3v) is 4.59. The molecule has 3 rings (SSSR count). The summed E-state index contributed by atoms with van der Waals surface area (Å²) in [4.78, 5) is 0. The number of benzene rings is 1. The second-order valence-corrected chi connectivity index (χ2v) is 5.49. The Bertz CT molecular complexity index is 499. The fraction of sp³-hybridized carbons (Fsp3) is 0.533. The Hall–Kier alpha value is -1.37. The van der Waals surface area contributed by atoms with Gasteiger partial charge in [-0.15, -0.1) is 0 Å². The Morgan fingerprint density at radius 3 is 2.83 bits per heavy atom. The molecule has 1 aliphatic heterocycles. The molecule has 0 radical (unpaired) electrons. The zero-order chi connectivity index (χ0) is 12.6.